The van der Waals surface area contributed by atoms with E-state index in [1.807, 2.05) is 60.7 Å². The van der Waals surface area contributed by atoms with Gasteiger partial charge in [-0.1, -0.05) is 67.6 Å². The first kappa shape index (κ1) is 29.3. The minimum atomic E-state index is -0.502. The van der Waals surface area contributed by atoms with Gasteiger partial charge in [0.15, 0.2) is 0 Å². The van der Waals surface area contributed by atoms with Crippen molar-refractivity contribution in [1.29, 1.82) is 0 Å². The van der Waals surface area contributed by atoms with E-state index >= 15 is 0 Å². The largest absolute Gasteiger partial charge is 0.443 e. The zero-order valence-corrected chi connectivity index (χ0v) is 23.2. The number of rotatable bonds is 15. The average Bonchev–Trinajstić information content (AvgIpc) is 3.70. The van der Waals surface area contributed by atoms with Gasteiger partial charge < -0.3 is 20.1 Å². The van der Waals surface area contributed by atoms with Gasteiger partial charge in [0.2, 0.25) is 0 Å². The van der Waals surface area contributed by atoms with Crippen molar-refractivity contribution in [2.75, 3.05) is 19.6 Å². The maximum atomic E-state index is 12.7. The van der Waals surface area contributed by atoms with E-state index in [4.69, 9.17) is 9.47 Å². The first-order valence-corrected chi connectivity index (χ1v) is 13.7. The number of aromatic amines is 2. The molecule has 0 saturated heterocycles. The standard InChI is InChI=1S/C30H37N7O4/c1-2-37(19-27(17-23-9-5-3-6-10-23)33-29(38)40-21-25-13-15-31-35-25)20-28(18-24-11-7-4-8-12-24)34-30(39)41-22-26-14-16-32-36-26/h3-16,27-28H,2,17-22H2,1H3,(H,31,35)(H,32,36)(H,33,38)(H,34,39)/t27-,28-/m1/s1. The summed E-state index contributed by atoms with van der Waals surface area (Å²) < 4.78 is 10.8. The monoisotopic (exact) mass is 559 g/mol. The quantitative estimate of drug-likeness (QED) is 0.174. The van der Waals surface area contributed by atoms with Crippen molar-refractivity contribution >= 4 is 12.2 Å². The minimum Gasteiger partial charge on any atom is -0.443 e. The van der Waals surface area contributed by atoms with Crippen molar-refractivity contribution in [3.63, 3.8) is 0 Å². The van der Waals surface area contributed by atoms with Gasteiger partial charge in [-0.05, 0) is 42.6 Å². The molecule has 11 nitrogen and oxygen atoms in total. The molecule has 0 radical (unpaired) electrons. The number of nitrogens with zero attached hydrogens (tertiary/aromatic N) is 3. The normalized spacial score (nSPS) is 12.4. The van der Waals surface area contributed by atoms with Gasteiger partial charge in [-0.25, -0.2) is 9.59 Å². The highest BCUT2D eigenvalue weighted by atomic mass is 16.6. The summed E-state index contributed by atoms with van der Waals surface area (Å²) in [7, 11) is 0. The molecule has 0 bridgehead atoms. The Balaban J connectivity index is 1.41. The number of aromatic nitrogens is 4. The molecule has 2 aromatic carbocycles. The Morgan fingerprint density at radius 3 is 1.54 bits per heavy atom. The Morgan fingerprint density at radius 2 is 1.17 bits per heavy atom. The van der Waals surface area contributed by atoms with Crippen LogP contribution in [0.3, 0.4) is 0 Å². The third kappa shape index (κ3) is 10.5. The summed E-state index contributed by atoms with van der Waals surface area (Å²) in [5, 5.41) is 19.4. The van der Waals surface area contributed by atoms with E-state index in [2.05, 4.69) is 42.9 Å². The van der Waals surface area contributed by atoms with Gasteiger partial charge in [-0.2, -0.15) is 10.2 Å². The van der Waals surface area contributed by atoms with Gasteiger partial charge in [0, 0.05) is 37.6 Å². The third-order valence-corrected chi connectivity index (χ3v) is 6.53. The molecule has 4 aromatic rings. The van der Waals surface area contributed by atoms with E-state index in [9.17, 15) is 9.59 Å². The van der Waals surface area contributed by atoms with Crippen molar-refractivity contribution in [1.82, 2.24) is 35.9 Å². The molecule has 0 fully saturated rings. The van der Waals surface area contributed by atoms with Gasteiger partial charge in [0.05, 0.1) is 11.4 Å². The maximum absolute atomic E-state index is 12.7. The van der Waals surface area contributed by atoms with Crippen molar-refractivity contribution in [2.24, 2.45) is 0 Å². The molecule has 0 aliphatic rings. The molecule has 0 unspecified atom stereocenters. The van der Waals surface area contributed by atoms with Gasteiger partial charge in [0.1, 0.15) is 13.2 Å². The Hall–Kier alpha value is -4.64. The number of amides is 2. The highest BCUT2D eigenvalue weighted by Gasteiger charge is 2.22. The number of carbonyl (C=O) groups excluding carboxylic acids is 2. The Morgan fingerprint density at radius 1 is 0.732 bits per heavy atom. The summed E-state index contributed by atoms with van der Waals surface area (Å²) >= 11 is 0. The first-order valence-electron chi connectivity index (χ1n) is 13.7. The van der Waals surface area contributed by atoms with Gasteiger partial charge in [0.25, 0.3) is 0 Å². The number of alkyl carbamates (subject to hydrolysis) is 2. The number of carbonyl (C=O) groups is 2. The summed E-state index contributed by atoms with van der Waals surface area (Å²) in [6.07, 6.45) is 3.47. The fourth-order valence-corrected chi connectivity index (χ4v) is 4.51. The first-order chi connectivity index (χ1) is 20.1. The van der Waals surface area contributed by atoms with Crippen LogP contribution in [0.5, 0.6) is 0 Å². The highest BCUT2D eigenvalue weighted by molar-refractivity contribution is 5.68. The maximum Gasteiger partial charge on any atom is 0.407 e. The third-order valence-electron chi connectivity index (χ3n) is 6.53. The van der Waals surface area contributed by atoms with Crippen LogP contribution >= 0.6 is 0 Å². The second-order valence-electron chi connectivity index (χ2n) is 9.73. The lowest BCUT2D eigenvalue weighted by atomic mass is 10.0. The molecular formula is C30H37N7O4. The van der Waals surface area contributed by atoms with E-state index in [1.54, 1.807) is 24.5 Å². The molecule has 2 amide bonds. The van der Waals surface area contributed by atoms with Crippen molar-refractivity contribution in [2.45, 2.75) is 45.1 Å². The van der Waals surface area contributed by atoms with Crippen LogP contribution in [-0.2, 0) is 35.5 Å². The van der Waals surface area contributed by atoms with E-state index in [0.29, 0.717) is 43.9 Å². The number of ether oxygens (including phenoxy) is 2. The van der Waals surface area contributed by atoms with Crippen LogP contribution in [0.1, 0.15) is 29.4 Å². The van der Waals surface area contributed by atoms with Crippen LogP contribution in [0.2, 0.25) is 0 Å². The Bertz CT molecular complexity index is 1190. The molecule has 4 rings (SSSR count). The number of likely N-dealkylation sites (N-methyl/N-ethyl adjacent to an activating group) is 1. The lowest BCUT2D eigenvalue weighted by Gasteiger charge is -2.30. The average molecular weight is 560 g/mol. The second-order valence-corrected chi connectivity index (χ2v) is 9.73. The van der Waals surface area contributed by atoms with Crippen LogP contribution in [0.4, 0.5) is 9.59 Å². The fraction of sp³-hybridized carbons (Fsp3) is 0.333. The predicted octanol–water partition coefficient (Wildman–Crippen LogP) is 3.83. The van der Waals surface area contributed by atoms with E-state index in [-0.39, 0.29) is 25.3 Å². The molecule has 0 aliphatic carbocycles. The molecule has 216 valence electrons. The fourth-order valence-electron chi connectivity index (χ4n) is 4.51. The molecule has 41 heavy (non-hydrogen) atoms. The predicted molar refractivity (Wildman–Crippen MR) is 154 cm³/mol. The van der Waals surface area contributed by atoms with Crippen molar-refractivity contribution in [3.8, 4) is 0 Å². The van der Waals surface area contributed by atoms with Crippen LogP contribution in [-0.4, -0.2) is 69.2 Å². The smallest absolute Gasteiger partial charge is 0.407 e. The summed E-state index contributed by atoms with van der Waals surface area (Å²) in [5.74, 6) is 0. The molecular weight excluding hydrogens is 522 g/mol. The van der Waals surface area contributed by atoms with E-state index < -0.39 is 12.2 Å². The summed E-state index contributed by atoms with van der Waals surface area (Å²) in [6.45, 7) is 4.09. The van der Waals surface area contributed by atoms with Crippen LogP contribution in [0.25, 0.3) is 0 Å². The zero-order valence-electron chi connectivity index (χ0n) is 23.2. The number of benzene rings is 2. The molecule has 2 aromatic heterocycles. The van der Waals surface area contributed by atoms with Gasteiger partial charge >= 0.3 is 12.2 Å². The minimum absolute atomic E-state index is 0.102. The van der Waals surface area contributed by atoms with Gasteiger partial charge in [-0.3, -0.25) is 15.1 Å². The molecule has 0 spiro atoms. The van der Waals surface area contributed by atoms with Crippen LogP contribution < -0.4 is 10.6 Å². The van der Waals surface area contributed by atoms with Crippen molar-refractivity contribution < 1.29 is 19.1 Å². The number of hydrogen-bond acceptors (Lipinski definition) is 7. The molecule has 2 heterocycles. The zero-order chi connectivity index (χ0) is 28.7. The van der Waals surface area contributed by atoms with E-state index in [0.717, 1.165) is 11.1 Å². The highest BCUT2D eigenvalue weighted by Crippen LogP contribution is 2.10. The summed E-state index contributed by atoms with van der Waals surface area (Å²) in [4.78, 5) is 27.7. The van der Waals surface area contributed by atoms with Crippen molar-refractivity contribution in [3.05, 3.63) is 108 Å². The second kappa shape index (κ2) is 15.8. The molecule has 11 heteroatoms. The molecule has 4 N–H and O–H groups in total. The topological polar surface area (TPSA) is 137 Å². The van der Waals surface area contributed by atoms with E-state index in [1.165, 1.54) is 0 Å². The van der Waals surface area contributed by atoms with Crippen LogP contribution in [0.15, 0.2) is 85.2 Å². The molecule has 0 aliphatic heterocycles. The van der Waals surface area contributed by atoms with Gasteiger partial charge in [-0.15, -0.1) is 0 Å². The summed E-state index contributed by atoms with van der Waals surface area (Å²) in [6, 6.07) is 23.1. The SMILES string of the molecule is CCN(C[C@@H](Cc1ccccc1)NC(=O)OCc1ccn[nH]1)C[C@@H](Cc1ccccc1)NC(=O)OCc1ccn[nH]1. The Labute approximate surface area is 239 Å². The number of nitrogens with one attached hydrogen (secondary N) is 4. The van der Waals surface area contributed by atoms with Crippen LogP contribution in [0, 0.1) is 0 Å². The Kier molecular flexibility index (Phi) is 11.3. The lowest BCUT2D eigenvalue weighted by Crippen LogP contribution is -2.50. The molecule has 2 atom stereocenters. The number of hydrogen-bond donors (Lipinski definition) is 4. The number of H-pyrrole nitrogens is 2. The molecule has 0 saturated carbocycles. The lowest BCUT2D eigenvalue weighted by molar-refractivity contribution is 0.125. The summed E-state index contributed by atoms with van der Waals surface area (Å²) in [5.41, 5.74) is 3.63.